The first kappa shape index (κ1) is 15.2. The molecule has 0 bridgehead atoms. The molecule has 0 saturated carbocycles. The summed E-state index contributed by atoms with van der Waals surface area (Å²) in [7, 11) is 0. The molecule has 120 valence electrons. The predicted octanol–water partition coefficient (Wildman–Crippen LogP) is 0.950. The fraction of sp³-hybridized carbons (Fsp3) is 0.688. The maximum absolute atomic E-state index is 12.5. The summed E-state index contributed by atoms with van der Waals surface area (Å²) in [5.41, 5.74) is 0. The Kier molecular flexibility index (Phi) is 4.87. The Morgan fingerprint density at radius 2 is 2.18 bits per heavy atom. The van der Waals surface area contributed by atoms with E-state index in [1.54, 1.807) is 12.4 Å². The fourth-order valence-electron chi connectivity index (χ4n) is 3.42. The average Bonchev–Trinajstić information content (AvgIpc) is 2.56. The van der Waals surface area contributed by atoms with Gasteiger partial charge in [-0.25, -0.2) is 9.97 Å². The van der Waals surface area contributed by atoms with Crippen LogP contribution in [0, 0.1) is 5.92 Å². The number of nitrogens with one attached hydrogen (secondary N) is 2. The number of carbonyl (C=O) groups excluding carboxylic acids is 1. The maximum atomic E-state index is 12.5. The van der Waals surface area contributed by atoms with Crippen LogP contribution in [0.15, 0.2) is 18.5 Å². The van der Waals surface area contributed by atoms with Crippen molar-refractivity contribution in [3.8, 4) is 0 Å². The summed E-state index contributed by atoms with van der Waals surface area (Å²) in [5.74, 6) is 1.13. The van der Waals surface area contributed by atoms with E-state index in [0.717, 1.165) is 51.3 Å². The molecule has 6 nitrogen and oxygen atoms in total. The van der Waals surface area contributed by atoms with E-state index in [0.29, 0.717) is 6.04 Å². The van der Waals surface area contributed by atoms with Crippen LogP contribution in [0.3, 0.4) is 0 Å². The van der Waals surface area contributed by atoms with Gasteiger partial charge < -0.3 is 15.5 Å². The molecule has 0 aliphatic carbocycles. The van der Waals surface area contributed by atoms with Gasteiger partial charge in [-0.3, -0.25) is 4.79 Å². The van der Waals surface area contributed by atoms with Crippen molar-refractivity contribution in [3.05, 3.63) is 18.5 Å². The summed E-state index contributed by atoms with van der Waals surface area (Å²) in [6, 6.07) is 2.46. The standard InChI is InChI=1S/C16H25N5O/c1-12-10-13(5-8-17-12)15(22)20-14-4-2-9-21(11-14)16-18-6-3-7-19-16/h3,6-7,12-14,17H,2,4-5,8-11H2,1H3,(H,20,22)/t12-,13-,14?/m0/s1. The highest BCUT2D eigenvalue weighted by Crippen LogP contribution is 2.19. The van der Waals surface area contributed by atoms with E-state index >= 15 is 0 Å². The van der Waals surface area contributed by atoms with Crippen molar-refractivity contribution in [2.24, 2.45) is 5.92 Å². The summed E-state index contributed by atoms with van der Waals surface area (Å²) in [6.07, 6.45) is 7.50. The number of nitrogens with zero attached hydrogens (tertiary/aromatic N) is 3. The molecule has 2 aliphatic heterocycles. The molecule has 0 radical (unpaired) electrons. The van der Waals surface area contributed by atoms with E-state index in [2.05, 4.69) is 32.4 Å². The smallest absolute Gasteiger partial charge is 0.225 e. The van der Waals surface area contributed by atoms with Crippen LogP contribution in [0.2, 0.25) is 0 Å². The van der Waals surface area contributed by atoms with Gasteiger partial charge >= 0.3 is 0 Å². The van der Waals surface area contributed by atoms with Gasteiger partial charge in [0, 0.05) is 43.5 Å². The lowest BCUT2D eigenvalue weighted by Crippen LogP contribution is -2.51. The van der Waals surface area contributed by atoms with Gasteiger partial charge in [0.05, 0.1) is 0 Å². The summed E-state index contributed by atoms with van der Waals surface area (Å²) < 4.78 is 0. The Bertz CT molecular complexity index is 495. The largest absolute Gasteiger partial charge is 0.351 e. The molecule has 1 aromatic heterocycles. The van der Waals surface area contributed by atoms with Gasteiger partial charge in [-0.1, -0.05) is 0 Å². The highest BCUT2D eigenvalue weighted by molar-refractivity contribution is 5.79. The van der Waals surface area contributed by atoms with Crippen molar-refractivity contribution < 1.29 is 4.79 Å². The van der Waals surface area contributed by atoms with Crippen LogP contribution in [0.4, 0.5) is 5.95 Å². The number of piperidine rings is 2. The second kappa shape index (κ2) is 7.05. The second-order valence-corrected chi connectivity index (χ2v) is 6.42. The molecule has 1 unspecified atom stereocenters. The minimum atomic E-state index is 0.152. The first-order valence-electron chi connectivity index (χ1n) is 8.28. The molecule has 0 aromatic carbocycles. The van der Waals surface area contributed by atoms with Crippen LogP contribution in [0.25, 0.3) is 0 Å². The fourth-order valence-corrected chi connectivity index (χ4v) is 3.42. The molecule has 2 saturated heterocycles. The van der Waals surface area contributed by atoms with Gasteiger partial charge in [0.15, 0.2) is 0 Å². The van der Waals surface area contributed by atoms with Crippen molar-refractivity contribution >= 4 is 11.9 Å². The molecule has 2 fully saturated rings. The highest BCUT2D eigenvalue weighted by atomic mass is 16.2. The van der Waals surface area contributed by atoms with Crippen molar-refractivity contribution in [2.75, 3.05) is 24.5 Å². The second-order valence-electron chi connectivity index (χ2n) is 6.42. The Labute approximate surface area is 131 Å². The van der Waals surface area contributed by atoms with Gasteiger partial charge in [0.25, 0.3) is 0 Å². The first-order valence-corrected chi connectivity index (χ1v) is 8.28. The van der Waals surface area contributed by atoms with E-state index in [-0.39, 0.29) is 17.9 Å². The number of anilines is 1. The topological polar surface area (TPSA) is 70.2 Å². The Morgan fingerprint density at radius 1 is 1.36 bits per heavy atom. The lowest BCUT2D eigenvalue weighted by Gasteiger charge is -2.34. The van der Waals surface area contributed by atoms with Crippen LogP contribution in [-0.2, 0) is 4.79 Å². The molecule has 1 aromatic rings. The van der Waals surface area contributed by atoms with Crippen LogP contribution < -0.4 is 15.5 Å². The van der Waals surface area contributed by atoms with Crippen molar-refractivity contribution in [3.63, 3.8) is 0 Å². The van der Waals surface area contributed by atoms with Gasteiger partial charge in [0.1, 0.15) is 0 Å². The zero-order valence-corrected chi connectivity index (χ0v) is 13.2. The molecule has 0 spiro atoms. The lowest BCUT2D eigenvalue weighted by atomic mass is 9.92. The molecule has 1 amide bonds. The monoisotopic (exact) mass is 303 g/mol. The number of aromatic nitrogens is 2. The Hall–Kier alpha value is -1.69. The van der Waals surface area contributed by atoms with E-state index in [1.807, 2.05) is 6.07 Å². The normalized spacial score (nSPS) is 29.1. The summed E-state index contributed by atoms with van der Waals surface area (Å²) in [4.78, 5) is 23.3. The number of hydrogen-bond donors (Lipinski definition) is 2. The quantitative estimate of drug-likeness (QED) is 0.870. The number of amides is 1. The zero-order chi connectivity index (χ0) is 15.4. The molecule has 6 heteroatoms. The minimum absolute atomic E-state index is 0.152. The number of carbonyl (C=O) groups is 1. The van der Waals surface area contributed by atoms with Crippen LogP contribution >= 0.6 is 0 Å². The highest BCUT2D eigenvalue weighted by Gasteiger charge is 2.28. The molecule has 2 aliphatic rings. The predicted molar refractivity (Wildman–Crippen MR) is 85.6 cm³/mol. The summed E-state index contributed by atoms with van der Waals surface area (Å²) in [5, 5.41) is 6.64. The third-order valence-corrected chi connectivity index (χ3v) is 4.60. The van der Waals surface area contributed by atoms with Gasteiger partial charge in [-0.15, -0.1) is 0 Å². The van der Waals surface area contributed by atoms with Crippen molar-refractivity contribution in [2.45, 2.75) is 44.7 Å². The SMILES string of the molecule is C[C@H]1C[C@@H](C(=O)NC2CCCN(c3ncccn3)C2)CCN1. The average molecular weight is 303 g/mol. The molecular formula is C16H25N5O. The molecule has 3 heterocycles. The number of rotatable bonds is 3. The van der Waals surface area contributed by atoms with Crippen LogP contribution in [0.5, 0.6) is 0 Å². The molecule has 22 heavy (non-hydrogen) atoms. The minimum Gasteiger partial charge on any atom is -0.351 e. The maximum Gasteiger partial charge on any atom is 0.225 e. The van der Waals surface area contributed by atoms with E-state index in [1.165, 1.54) is 0 Å². The number of hydrogen-bond acceptors (Lipinski definition) is 5. The third kappa shape index (κ3) is 3.74. The van der Waals surface area contributed by atoms with E-state index in [9.17, 15) is 4.79 Å². The first-order chi connectivity index (χ1) is 10.7. The van der Waals surface area contributed by atoms with Crippen molar-refractivity contribution in [1.29, 1.82) is 0 Å². The Balaban J connectivity index is 1.55. The van der Waals surface area contributed by atoms with Crippen LogP contribution in [-0.4, -0.2) is 47.6 Å². The van der Waals surface area contributed by atoms with Gasteiger partial charge in [-0.05, 0) is 45.2 Å². The lowest BCUT2D eigenvalue weighted by molar-refractivity contribution is -0.126. The molecule has 2 N–H and O–H groups in total. The molecule has 3 rings (SSSR count). The summed E-state index contributed by atoms with van der Waals surface area (Å²) >= 11 is 0. The third-order valence-electron chi connectivity index (χ3n) is 4.60. The van der Waals surface area contributed by atoms with Crippen LogP contribution in [0.1, 0.15) is 32.6 Å². The van der Waals surface area contributed by atoms with E-state index < -0.39 is 0 Å². The zero-order valence-electron chi connectivity index (χ0n) is 13.2. The Morgan fingerprint density at radius 3 is 2.95 bits per heavy atom. The molecule has 3 atom stereocenters. The van der Waals surface area contributed by atoms with Gasteiger partial charge in [-0.2, -0.15) is 0 Å². The van der Waals surface area contributed by atoms with Gasteiger partial charge in [0.2, 0.25) is 11.9 Å². The molecular weight excluding hydrogens is 278 g/mol. The summed E-state index contributed by atoms with van der Waals surface area (Å²) in [6.45, 7) is 4.85. The van der Waals surface area contributed by atoms with E-state index in [4.69, 9.17) is 0 Å². The van der Waals surface area contributed by atoms with Crippen molar-refractivity contribution in [1.82, 2.24) is 20.6 Å².